The van der Waals surface area contributed by atoms with Gasteiger partial charge in [0.25, 0.3) is 0 Å². The zero-order valence-corrected chi connectivity index (χ0v) is 22.7. The van der Waals surface area contributed by atoms with E-state index in [4.69, 9.17) is 4.74 Å². The van der Waals surface area contributed by atoms with E-state index >= 15 is 8.78 Å². The monoisotopic (exact) mass is 540 g/mol. The molecule has 1 aliphatic rings. The van der Waals surface area contributed by atoms with Gasteiger partial charge in [-0.15, -0.1) is 0 Å². The lowest BCUT2D eigenvalue weighted by atomic mass is 9.82. The average molecular weight is 541 g/mol. The second kappa shape index (κ2) is 13.3. The molecule has 1 saturated carbocycles. The first-order chi connectivity index (χ1) is 18.8. The fraction of sp³-hybridized carbons (Fsp3) is 0.424. The Kier molecular flexibility index (Phi) is 9.82. The minimum absolute atomic E-state index is 0.216. The molecule has 2 nitrogen and oxygen atoms in total. The Balaban J connectivity index is 1.37. The van der Waals surface area contributed by atoms with Crippen LogP contribution in [0.2, 0.25) is 0 Å². The van der Waals surface area contributed by atoms with Crippen molar-refractivity contribution >= 4 is 5.97 Å². The van der Waals surface area contributed by atoms with Crippen molar-refractivity contribution in [3.05, 3.63) is 94.1 Å². The number of hydrogen-bond donors (Lipinski definition) is 0. The minimum Gasteiger partial charge on any atom is -0.459 e. The highest BCUT2D eigenvalue weighted by molar-refractivity contribution is 5.90. The Hall–Kier alpha value is -3.15. The predicted octanol–water partition coefficient (Wildman–Crippen LogP) is 9.48. The Morgan fingerprint density at radius 1 is 0.744 bits per heavy atom. The number of esters is 1. The van der Waals surface area contributed by atoms with E-state index in [9.17, 15) is 13.6 Å². The van der Waals surface area contributed by atoms with Gasteiger partial charge in [-0.1, -0.05) is 75.6 Å². The Morgan fingerprint density at radius 2 is 1.46 bits per heavy atom. The third kappa shape index (κ3) is 6.71. The summed E-state index contributed by atoms with van der Waals surface area (Å²) in [6.45, 7) is 4.12. The molecule has 0 saturated heterocycles. The van der Waals surface area contributed by atoms with Gasteiger partial charge in [0.1, 0.15) is 6.10 Å². The molecule has 0 radical (unpaired) electrons. The number of rotatable bonds is 10. The Morgan fingerprint density at radius 3 is 2.13 bits per heavy atom. The minimum atomic E-state index is -1.18. The van der Waals surface area contributed by atoms with Crippen LogP contribution >= 0.6 is 0 Å². The van der Waals surface area contributed by atoms with Crippen molar-refractivity contribution in [3.63, 3.8) is 0 Å². The maximum absolute atomic E-state index is 15.1. The molecule has 1 fully saturated rings. The summed E-state index contributed by atoms with van der Waals surface area (Å²) in [4.78, 5) is 12.6. The summed E-state index contributed by atoms with van der Waals surface area (Å²) in [6, 6.07) is 13.5. The largest absolute Gasteiger partial charge is 0.459 e. The molecule has 208 valence electrons. The molecule has 0 unspecified atom stereocenters. The molecule has 0 aromatic heterocycles. The van der Waals surface area contributed by atoms with E-state index in [1.165, 1.54) is 12.1 Å². The number of carbonyl (C=O) groups is 1. The van der Waals surface area contributed by atoms with Crippen LogP contribution in [-0.2, 0) is 17.6 Å². The van der Waals surface area contributed by atoms with Crippen LogP contribution in [0.15, 0.2) is 48.5 Å². The third-order valence-corrected chi connectivity index (χ3v) is 7.74. The second-order valence-electron chi connectivity index (χ2n) is 10.5. The summed E-state index contributed by atoms with van der Waals surface area (Å²) in [5.74, 6) is -5.00. The van der Waals surface area contributed by atoms with E-state index in [1.807, 2.05) is 31.2 Å². The van der Waals surface area contributed by atoms with E-state index in [2.05, 4.69) is 6.92 Å². The maximum Gasteiger partial charge on any atom is 0.341 e. The van der Waals surface area contributed by atoms with Crippen LogP contribution in [0, 0.1) is 23.3 Å². The molecule has 39 heavy (non-hydrogen) atoms. The van der Waals surface area contributed by atoms with Gasteiger partial charge in [-0.2, -0.15) is 0 Å². The Bertz CT molecular complexity index is 1280. The van der Waals surface area contributed by atoms with Gasteiger partial charge in [0, 0.05) is 5.56 Å². The number of carbonyl (C=O) groups excluding carboxylic acids is 1. The molecular formula is C33H36F4O2. The SMILES string of the molecule is CCCCCc1ccc(C(=O)OC2CCC(c3ccc(-c4ccc(CCC)cc4)c(F)c3F)CC2)c(F)c1F. The molecule has 3 aromatic rings. The topological polar surface area (TPSA) is 26.3 Å². The number of aryl methyl sites for hydroxylation is 2. The fourth-order valence-electron chi connectivity index (χ4n) is 5.45. The molecule has 0 N–H and O–H groups in total. The average Bonchev–Trinajstić information content (AvgIpc) is 2.94. The number of unbranched alkanes of at least 4 members (excludes halogenated alkanes) is 2. The summed E-state index contributed by atoms with van der Waals surface area (Å²) >= 11 is 0. The highest BCUT2D eigenvalue weighted by Crippen LogP contribution is 2.38. The van der Waals surface area contributed by atoms with Crippen molar-refractivity contribution in [2.24, 2.45) is 0 Å². The van der Waals surface area contributed by atoms with Crippen molar-refractivity contribution in [1.82, 2.24) is 0 Å². The van der Waals surface area contributed by atoms with Crippen LogP contribution in [0.5, 0.6) is 0 Å². The highest BCUT2D eigenvalue weighted by Gasteiger charge is 2.29. The van der Waals surface area contributed by atoms with E-state index in [1.54, 1.807) is 12.1 Å². The van der Waals surface area contributed by atoms with E-state index in [0.717, 1.165) is 37.7 Å². The lowest BCUT2D eigenvalue weighted by Crippen LogP contribution is -2.25. The third-order valence-electron chi connectivity index (χ3n) is 7.74. The maximum atomic E-state index is 15.1. The molecule has 3 aromatic carbocycles. The van der Waals surface area contributed by atoms with Gasteiger partial charge < -0.3 is 4.74 Å². The number of ether oxygens (including phenoxy) is 1. The molecule has 0 bridgehead atoms. The summed E-state index contributed by atoms with van der Waals surface area (Å²) in [6.07, 6.45) is 6.35. The molecule has 1 aliphatic carbocycles. The van der Waals surface area contributed by atoms with Gasteiger partial charge in [-0.3, -0.25) is 0 Å². The van der Waals surface area contributed by atoms with Gasteiger partial charge in [-0.05, 0) is 79.2 Å². The molecular weight excluding hydrogens is 504 g/mol. The standard InChI is InChI=1S/C33H36F4O2/c1-3-5-6-8-24-15-18-28(32(37)29(24)34)33(38)39-25-16-13-23(14-17-25)27-20-19-26(30(35)31(27)36)22-11-9-21(7-4-2)10-12-22/h9-12,15,18-20,23,25H,3-8,13-14,16-17H2,1-2H3. The number of halogens is 4. The summed E-state index contributed by atoms with van der Waals surface area (Å²) in [5.41, 5.74) is 2.17. The molecule has 0 aliphatic heterocycles. The van der Waals surface area contributed by atoms with Crippen molar-refractivity contribution < 1.29 is 27.1 Å². The quantitative estimate of drug-likeness (QED) is 0.145. The first-order valence-corrected chi connectivity index (χ1v) is 14.1. The molecule has 0 heterocycles. The van der Waals surface area contributed by atoms with E-state index < -0.39 is 40.9 Å². The smallest absolute Gasteiger partial charge is 0.341 e. The van der Waals surface area contributed by atoms with Crippen LogP contribution < -0.4 is 0 Å². The fourth-order valence-corrected chi connectivity index (χ4v) is 5.45. The summed E-state index contributed by atoms with van der Waals surface area (Å²) in [5, 5.41) is 0. The predicted molar refractivity (Wildman–Crippen MR) is 146 cm³/mol. The van der Waals surface area contributed by atoms with Crippen LogP contribution in [0.4, 0.5) is 17.6 Å². The molecule has 0 amide bonds. The number of hydrogen-bond acceptors (Lipinski definition) is 2. The van der Waals surface area contributed by atoms with Crippen molar-refractivity contribution in [2.45, 2.75) is 90.1 Å². The summed E-state index contributed by atoms with van der Waals surface area (Å²) in [7, 11) is 0. The zero-order chi connectivity index (χ0) is 27.9. The van der Waals surface area contributed by atoms with Gasteiger partial charge in [-0.25, -0.2) is 22.4 Å². The van der Waals surface area contributed by atoms with Gasteiger partial charge in [0.2, 0.25) is 0 Å². The van der Waals surface area contributed by atoms with E-state index in [-0.39, 0.29) is 17.0 Å². The van der Waals surface area contributed by atoms with Crippen molar-refractivity contribution in [3.8, 4) is 11.1 Å². The first kappa shape index (κ1) is 28.8. The lowest BCUT2D eigenvalue weighted by Gasteiger charge is -2.29. The van der Waals surface area contributed by atoms with Crippen molar-refractivity contribution in [1.29, 1.82) is 0 Å². The molecule has 0 spiro atoms. The number of benzene rings is 3. The van der Waals surface area contributed by atoms with Crippen LogP contribution in [0.3, 0.4) is 0 Å². The van der Waals surface area contributed by atoms with Gasteiger partial charge in [0.05, 0.1) is 5.56 Å². The van der Waals surface area contributed by atoms with E-state index in [0.29, 0.717) is 43.2 Å². The summed E-state index contributed by atoms with van der Waals surface area (Å²) < 4.78 is 64.8. The van der Waals surface area contributed by atoms with Crippen LogP contribution in [-0.4, -0.2) is 12.1 Å². The van der Waals surface area contributed by atoms with Crippen LogP contribution in [0.1, 0.15) is 98.2 Å². The van der Waals surface area contributed by atoms with Crippen LogP contribution in [0.25, 0.3) is 11.1 Å². The van der Waals surface area contributed by atoms with Gasteiger partial charge in [0.15, 0.2) is 23.3 Å². The normalized spacial score (nSPS) is 17.3. The molecule has 4 rings (SSSR count). The molecule has 6 heteroatoms. The Labute approximate surface area is 228 Å². The van der Waals surface area contributed by atoms with Gasteiger partial charge >= 0.3 is 5.97 Å². The lowest BCUT2D eigenvalue weighted by molar-refractivity contribution is 0.0188. The van der Waals surface area contributed by atoms with Crippen molar-refractivity contribution in [2.75, 3.05) is 0 Å². The molecule has 0 atom stereocenters. The second-order valence-corrected chi connectivity index (χ2v) is 10.5. The zero-order valence-electron chi connectivity index (χ0n) is 22.7. The highest BCUT2D eigenvalue weighted by atomic mass is 19.2. The first-order valence-electron chi connectivity index (χ1n) is 14.1.